The first-order valence-corrected chi connectivity index (χ1v) is 8.62. The lowest BCUT2D eigenvalue weighted by Gasteiger charge is -2.05. The molecule has 2 heterocycles. The van der Waals surface area contributed by atoms with Crippen molar-refractivity contribution >= 4 is 0 Å². The van der Waals surface area contributed by atoms with Gasteiger partial charge >= 0.3 is 0 Å². The van der Waals surface area contributed by atoms with Crippen LogP contribution in [0.3, 0.4) is 0 Å². The number of benzene rings is 2. The van der Waals surface area contributed by atoms with Gasteiger partial charge in [-0.2, -0.15) is 5.10 Å². The summed E-state index contributed by atoms with van der Waals surface area (Å²) in [5, 5.41) is 4.68. The van der Waals surface area contributed by atoms with Crippen molar-refractivity contribution in [1.29, 1.82) is 0 Å². The third-order valence-corrected chi connectivity index (χ3v) is 4.28. The van der Waals surface area contributed by atoms with Crippen LogP contribution in [-0.2, 0) is 6.42 Å². The minimum Gasteiger partial charge on any atom is -0.497 e. The zero-order valence-corrected chi connectivity index (χ0v) is 15.1. The molecule has 4 rings (SSSR count). The summed E-state index contributed by atoms with van der Waals surface area (Å²) in [5.41, 5.74) is 3.61. The summed E-state index contributed by atoms with van der Waals surface area (Å²) in [4.78, 5) is 7.59. The van der Waals surface area contributed by atoms with E-state index in [9.17, 15) is 4.39 Å². The van der Waals surface area contributed by atoms with E-state index in [-0.39, 0.29) is 5.82 Å². The first-order valence-electron chi connectivity index (χ1n) is 8.62. The van der Waals surface area contributed by atoms with Gasteiger partial charge in [-0.15, -0.1) is 0 Å². The third kappa shape index (κ3) is 3.60. The molecular formula is C21H19FN4O. The maximum Gasteiger partial charge on any atom is 0.179 e. The summed E-state index contributed by atoms with van der Waals surface area (Å²) in [6.45, 7) is 2.02. The predicted octanol–water partition coefficient (Wildman–Crippen LogP) is 4.31. The highest BCUT2D eigenvalue weighted by molar-refractivity contribution is 5.54. The number of nitrogens with zero attached hydrogens (tertiary/aromatic N) is 3. The summed E-state index contributed by atoms with van der Waals surface area (Å²) in [6.07, 6.45) is 1.86. The SMILES string of the molecule is COc1cccc(Cc2nc(-c3cc(F)c[nH]3)n(-c3cccc(C)c3)n2)c1. The molecule has 5 nitrogen and oxygen atoms in total. The number of rotatable bonds is 5. The van der Waals surface area contributed by atoms with Crippen molar-refractivity contribution in [3.05, 3.63) is 83.6 Å². The van der Waals surface area contributed by atoms with Gasteiger partial charge in [0.15, 0.2) is 11.6 Å². The van der Waals surface area contributed by atoms with Crippen LogP contribution in [0.5, 0.6) is 5.75 Å². The molecule has 0 unspecified atom stereocenters. The Balaban J connectivity index is 1.77. The number of halogens is 1. The zero-order chi connectivity index (χ0) is 18.8. The summed E-state index contributed by atoms with van der Waals surface area (Å²) in [5.74, 6) is 1.67. The summed E-state index contributed by atoms with van der Waals surface area (Å²) < 4.78 is 20.6. The zero-order valence-electron chi connectivity index (χ0n) is 15.1. The standard InChI is InChI=1S/C21H19FN4O/c1-14-5-3-7-17(9-14)26-21(19-12-16(22)13-23-19)24-20(25-26)11-15-6-4-8-18(10-15)27-2/h3-10,12-13,23H,11H2,1-2H3. The molecule has 0 bridgehead atoms. The van der Waals surface area contributed by atoms with E-state index < -0.39 is 0 Å². The number of hydrogen-bond acceptors (Lipinski definition) is 3. The number of methoxy groups -OCH3 is 1. The quantitative estimate of drug-likeness (QED) is 0.576. The van der Waals surface area contributed by atoms with Crippen molar-refractivity contribution in [3.8, 4) is 23.0 Å². The Morgan fingerprint density at radius 1 is 1.11 bits per heavy atom. The van der Waals surface area contributed by atoms with Crippen LogP contribution < -0.4 is 4.74 Å². The molecule has 0 aliphatic carbocycles. The van der Waals surface area contributed by atoms with Gasteiger partial charge in [-0.3, -0.25) is 0 Å². The second-order valence-corrected chi connectivity index (χ2v) is 6.36. The molecule has 136 valence electrons. The van der Waals surface area contributed by atoms with Crippen LogP contribution in [0.4, 0.5) is 4.39 Å². The van der Waals surface area contributed by atoms with E-state index in [0.717, 1.165) is 22.6 Å². The van der Waals surface area contributed by atoms with Gasteiger partial charge in [0.2, 0.25) is 0 Å². The van der Waals surface area contributed by atoms with Crippen molar-refractivity contribution in [2.75, 3.05) is 7.11 Å². The molecule has 4 aromatic rings. The summed E-state index contributed by atoms with van der Waals surface area (Å²) in [6, 6.07) is 17.2. The number of aromatic amines is 1. The Morgan fingerprint density at radius 3 is 2.70 bits per heavy atom. The molecule has 6 heteroatoms. The lowest BCUT2D eigenvalue weighted by molar-refractivity contribution is 0.414. The maximum atomic E-state index is 13.5. The molecular weight excluding hydrogens is 343 g/mol. The van der Waals surface area contributed by atoms with E-state index in [1.54, 1.807) is 11.8 Å². The fourth-order valence-corrected chi connectivity index (χ4v) is 3.01. The molecule has 0 atom stereocenters. The van der Waals surface area contributed by atoms with Gasteiger partial charge in [0.25, 0.3) is 0 Å². The van der Waals surface area contributed by atoms with Crippen LogP contribution in [0, 0.1) is 12.7 Å². The predicted molar refractivity (Wildman–Crippen MR) is 102 cm³/mol. The van der Waals surface area contributed by atoms with Gasteiger partial charge in [0, 0.05) is 18.7 Å². The summed E-state index contributed by atoms with van der Waals surface area (Å²) in [7, 11) is 1.64. The van der Waals surface area contributed by atoms with Crippen molar-refractivity contribution in [2.24, 2.45) is 0 Å². The van der Waals surface area contributed by atoms with Crippen LogP contribution in [-0.4, -0.2) is 26.9 Å². The Kier molecular flexibility index (Phi) is 4.46. The van der Waals surface area contributed by atoms with Crippen molar-refractivity contribution in [1.82, 2.24) is 19.7 Å². The number of nitrogens with one attached hydrogen (secondary N) is 1. The average Bonchev–Trinajstić information content (AvgIpc) is 3.28. The molecule has 0 aliphatic heterocycles. The first kappa shape index (κ1) is 17.0. The largest absolute Gasteiger partial charge is 0.497 e. The smallest absolute Gasteiger partial charge is 0.179 e. The van der Waals surface area contributed by atoms with Crippen LogP contribution in [0.1, 0.15) is 17.0 Å². The molecule has 0 fully saturated rings. The van der Waals surface area contributed by atoms with Gasteiger partial charge in [0.1, 0.15) is 11.6 Å². The third-order valence-electron chi connectivity index (χ3n) is 4.28. The van der Waals surface area contributed by atoms with Crippen LogP contribution in [0.15, 0.2) is 60.8 Å². The summed E-state index contributed by atoms with van der Waals surface area (Å²) >= 11 is 0. The highest BCUT2D eigenvalue weighted by Crippen LogP contribution is 2.23. The minimum atomic E-state index is -0.335. The molecule has 2 aromatic carbocycles. The van der Waals surface area contributed by atoms with Crippen molar-refractivity contribution in [3.63, 3.8) is 0 Å². The van der Waals surface area contributed by atoms with Crippen molar-refractivity contribution in [2.45, 2.75) is 13.3 Å². The number of H-pyrrole nitrogens is 1. The van der Waals surface area contributed by atoms with Crippen molar-refractivity contribution < 1.29 is 9.13 Å². The highest BCUT2D eigenvalue weighted by Gasteiger charge is 2.16. The monoisotopic (exact) mass is 362 g/mol. The molecule has 0 aliphatic rings. The molecule has 1 N–H and O–H groups in total. The number of ether oxygens (including phenoxy) is 1. The minimum absolute atomic E-state index is 0.335. The van der Waals surface area contributed by atoms with E-state index in [1.165, 1.54) is 12.3 Å². The molecule has 0 saturated heterocycles. The van der Waals surface area contributed by atoms with Gasteiger partial charge < -0.3 is 9.72 Å². The number of aromatic nitrogens is 4. The molecule has 0 radical (unpaired) electrons. The maximum absolute atomic E-state index is 13.5. The second-order valence-electron chi connectivity index (χ2n) is 6.36. The topological polar surface area (TPSA) is 55.7 Å². The first-order chi connectivity index (χ1) is 13.1. The van der Waals surface area contributed by atoms with Gasteiger partial charge in [-0.1, -0.05) is 24.3 Å². The normalized spacial score (nSPS) is 10.9. The fourth-order valence-electron chi connectivity index (χ4n) is 3.01. The Bertz CT molecular complexity index is 1080. The molecule has 0 saturated carbocycles. The second kappa shape index (κ2) is 7.07. The molecule has 0 amide bonds. The lowest BCUT2D eigenvalue weighted by atomic mass is 10.1. The van der Waals surface area contributed by atoms with E-state index in [4.69, 9.17) is 4.74 Å². The highest BCUT2D eigenvalue weighted by atomic mass is 19.1. The van der Waals surface area contributed by atoms with Crippen LogP contribution >= 0.6 is 0 Å². The lowest BCUT2D eigenvalue weighted by Crippen LogP contribution is -2.00. The van der Waals surface area contributed by atoms with E-state index in [1.807, 2.05) is 55.5 Å². The molecule has 27 heavy (non-hydrogen) atoms. The number of aryl methyl sites for hydroxylation is 1. The average molecular weight is 362 g/mol. The Morgan fingerprint density at radius 2 is 1.96 bits per heavy atom. The number of hydrogen-bond donors (Lipinski definition) is 1. The molecule has 2 aromatic heterocycles. The molecule has 0 spiro atoms. The Labute approximate surface area is 156 Å². The van der Waals surface area contributed by atoms with E-state index >= 15 is 0 Å². The fraction of sp³-hybridized carbons (Fsp3) is 0.143. The van der Waals surface area contributed by atoms with Gasteiger partial charge in [0.05, 0.1) is 18.5 Å². The van der Waals surface area contributed by atoms with E-state index in [2.05, 4.69) is 15.1 Å². The van der Waals surface area contributed by atoms with Gasteiger partial charge in [-0.05, 0) is 42.3 Å². The Hall–Kier alpha value is -3.41. The van der Waals surface area contributed by atoms with Crippen LogP contribution in [0.2, 0.25) is 0 Å². The van der Waals surface area contributed by atoms with E-state index in [0.29, 0.717) is 23.8 Å². The van der Waals surface area contributed by atoms with Crippen LogP contribution in [0.25, 0.3) is 17.2 Å². The van der Waals surface area contributed by atoms with Gasteiger partial charge in [-0.25, -0.2) is 14.1 Å².